The number of esters is 1. The number of aliphatic hydroxyl groups excluding tert-OH is 1. The van der Waals surface area contributed by atoms with E-state index in [-0.39, 0.29) is 18.0 Å². The Labute approximate surface area is 121 Å². The SMILES string of the molecule is CCOC(=O)C1(CCOC)CC[C@@H](O)C[C@@H]1CCOC. The Balaban J connectivity index is 2.91. The Kier molecular flexibility index (Phi) is 7.48. The van der Waals surface area contributed by atoms with E-state index in [1.807, 2.05) is 6.92 Å². The standard InChI is InChI=1S/C15H28O5/c1-4-20-14(17)15(8-10-19-3)7-5-13(16)11-12(15)6-9-18-2/h12-13,16H,4-11H2,1-3H3/t12-,13+,15?/m0/s1. The first-order valence-electron chi connectivity index (χ1n) is 7.43. The molecule has 0 bridgehead atoms. The van der Waals surface area contributed by atoms with Crippen LogP contribution in [0, 0.1) is 11.3 Å². The summed E-state index contributed by atoms with van der Waals surface area (Å²) < 4.78 is 15.6. The van der Waals surface area contributed by atoms with Crippen LogP contribution < -0.4 is 0 Å². The molecule has 0 aliphatic heterocycles. The monoisotopic (exact) mass is 288 g/mol. The number of carbonyl (C=O) groups excluding carboxylic acids is 1. The maximum absolute atomic E-state index is 12.5. The van der Waals surface area contributed by atoms with Gasteiger partial charge in [-0.15, -0.1) is 0 Å². The molecule has 118 valence electrons. The average molecular weight is 288 g/mol. The first kappa shape index (κ1) is 17.4. The van der Waals surface area contributed by atoms with Crippen molar-refractivity contribution in [1.82, 2.24) is 0 Å². The molecule has 1 N–H and O–H groups in total. The van der Waals surface area contributed by atoms with Gasteiger partial charge in [-0.1, -0.05) is 0 Å². The van der Waals surface area contributed by atoms with E-state index in [1.54, 1.807) is 14.2 Å². The number of rotatable bonds is 8. The van der Waals surface area contributed by atoms with Crippen molar-refractivity contribution in [3.05, 3.63) is 0 Å². The summed E-state index contributed by atoms with van der Waals surface area (Å²) in [5.41, 5.74) is -0.538. The second-order valence-electron chi connectivity index (χ2n) is 5.53. The quantitative estimate of drug-likeness (QED) is 0.690. The van der Waals surface area contributed by atoms with Crippen molar-refractivity contribution in [2.24, 2.45) is 11.3 Å². The molecule has 0 amide bonds. The predicted octanol–water partition coefficient (Wildman–Crippen LogP) is 1.77. The molecule has 1 aliphatic carbocycles. The van der Waals surface area contributed by atoms with Crippen LogP contribution in [0.4, 0.5) is 0 Å². The molecule has 5 nitrogen and oxygen atoms in total. The molecule has 0 aromatic heterocycles. The number of hydrogen-bond acceptors (Lipinski definition) is 5. The Morgan fingerprint density at radius 2 is 2.00 bits per heavy atom. The highest BCUT2D eigenvalue weighted by Gasteiger charge is 2.49. The van der Waals surface area contributed by atoms with Crippen molar-refractivity contribution in [2.45, 2.75) is 45.1 Å². The fourth-order valence-corrected chi connectivity index (χ4v) is 3.21. The highest BCUT2D eigenvalue weighted by molar-refractivity contribution is 5.77. The summed E-state index contributed by atoms with van der Waals surface area (Å²) in [5.74, 6) is -0.0644. The largest absolute Gasteiger partial charge is 0.466 e. The fraction of sp³-hybridized carbons (Fsp3) is 0.933. The van der Waals surface area contributed by atoms with E-state index in [0.717, 1.165) is 6.42 Å². The van der Waals surface area contributed by atoms with E-state index < -0.39 is 5.41 Å². The zero-order valence-electron chi connectivity index (χ0n) is 12.9. The van der Waals surface area contributed by atoms with E-state index in [4.69, 9.17) is 14.2 Å². The molecule has 1 aliphatic rings. The number of ether oxygens (including phenoxy) is 3. The average Bonchev–Trinajstić information content (AvgIpc) is 2.44. The maximum atomic E-state index is 12.5. The topological polar surface area (TPSA) is 65.0 Å². The zero-order valence-corrected chi connectivity index (χ0v) is 12.9. The van der Waals surface area contributed by atoms with Gasteiger partial charge in [-0.2, -0.15) is 0 Å². The lowest BCUT2D eigenvalue weighted by molar-refractivity contribution is -0.166. The summed E-state index contributed by atoms with van der Waals surface area (Å²) in [5, 5.41) is 9.92. The van der Waals surface area contributed by atoms with Gasteiger partial charge in [-0.05, 0) is 44.9 Å². The molecule has 1 unspecified atom stereocenters. The van der Waals surface area contributed by atoms with Gasteiger partial charge >= 0.3 is 5.97 Å². The van der Waals surface area contributed by atoms with E-state index in [0.29, 0.717) is 45.5 Å². The first-order valence-corrected chi connectivity index (χ1v) is 7.43. The third-order valence-corrected chi connectivity index (χ3v) is 4.37. The smallest absolute Gasteiger partial charge is 0.312 e. The molecule has 20 heavy (non-hydrogen) atoms. The highest BCUT2D eigenvalue weighted by atomic mass is 16.5. The second kappa shape index (κ2) is 8.60. The molecular weight excluding hydrogens is 260 g/mol. The fourth-order valence-electron chi connectivity index (χ4n) is 3.21. The van der Waals surface area contributed by atoms with Crippen LogP contribution in [0.15, 0.2) is 0 Å². The Morgan fingerprint density at radius 3 is 2.60 bits per heavy atom. The van der Waals surface area contributed by atoms with Crippen LogP contribution in [-0.2, 0) is 19.0 Å². The van der Waals surface area contributed by atoms with E-state index >= 15 is 0 Å². The summed E-state index contributed by atoms with van der Waals surface area (Å²) in [7, 11) is 3.29. The van der Waals surface area contributed by atoms with Crippen molar-refractivity contribution in [1.29, 1.82) is 0 Å². The van der Waals surface area contributed by atoms with Crippen LogP contribution in [-0.4, -0.2) is 51.2 Å². The highest BCUT2D eigenvalue weighted by Crippen LogP contribution is 2.46. The molecule has 0 heterocycles. The molecule has 1 saturated carbocycles. The van der Waals surface area contributed by atoms with Gasteiger partial charge in [0.2, 0.25) is 0 Å². The van der Waals surface area contributed by atoms with Crippen LogP contribution in [0.1, 0.15) is 39.0 Å². The molecule has 5 heteroatoms. The van der Waals surface area contributed by atoms with Crippen LogP contribution in [0.5, 0.6) is 0 Å². The number of hydrogen-bond donors (Lipinski definition) is 1. The summed E-state index contributed by atoms with van der Waals surface area (Å²) in [4.78, 5) is 12.5. The molecule has 0 radical (unpaired) electrons. The minimum Gasteiger partial charge on any atom is -0.466 e. The Hall–Kier alpha value is -0.650. The van der Waals surface area contributed by atoms with Crippen molar-refractivity contribution in [3.63, 3.8) is 0 Å². The number of aliphatic hydroxyl groups is 1. The lowest BCUT2D eigenvalue weighted by atomic mass is 9.62. The molecule has 0 saturated heterocycles. The van der Waals surface area contributed by atoms with Gasteiger partial charge in [0, 0.05) is 27.4 Å². The van der Waals surface area contributed by atoms with Crippen molar-refractivity contribution >= 4 is 5.97 Å². The van der Waals surface area contributed by atoms with Gasteiger partial charge in [0.1, 0.15) is 0 Å². The Morgan fingerprint density at radius 1 is 1.30 bits per heavy atom. The van der Waals surface area contributed by atoms with Gasteiger partial charge in [0.25, 0.3) is 0 Å². The maximum Gasteiger partial charge on any atom is 0.312 e. The Bertz CT molecular complexity index is 290. The van der Waals surface area contributed by atoms with Crippen LogP contribution in [0.3, 0.4) is 0 Å². The molecular formula is C15H28O5. The van der Waals surface area contributed by atoms with E-state index in [1.165, 1.54) is 0 Å². The molecule has 0 aromatic rings. The second-order valence-corrected chi connectivity index (χ2v) is 5.53. The van der Waals surface area contributed by atoms with E-state index in [9.17, 15) is 9.90 Å². The molecule has 1 rings (SSSR count). The first-order chi connectivity index (χ1) is 9.60. The minimum absolute atomic E-state index is 0.0837. The van der Waals surface area contributed by atoms with Gasteiger partial charge in [0.15, 0.2) is 0 Å². The van der Waals surface area contributed by atoms with Gasteiger partial charge < -0.3 is 19.3 Å². The van der Waals surface area contributed by atoms with Gasteiger partial charge in [-0.3, -0.25) is 4.79 Å². The third-order valence-electron chi connectivity index (χ3n) is 4.37. The van der Waals surface area contributed by atoms with Gasteiger partial charge in [-0.25, -0.2) is 0 Å². The third kappa shape index (κ3) is 4.17. The summed E-state index contributed by atoms with van der Waals surface area (Å²) in [6.45, 7) is 3.32. The number of carbonyl (C=O) groups is 1. The lowest BCUT2D eigenvalue weighted by Gasteiger charge is -2.43. The summed E-state index contributed by atoms with van der Waals surface area (Å²) in [6, 6.07) is 0. The zero-order chi connectivity index (χ0) is 15.0. The van der Waals surface area contributed by atoms with Crippen LogP contribution >= 0.6 is 0 Å². The molecule has 3 atom stereocenters. The van der Waals surface area contributed by atoms with Crippen molar-refractivity contribution in [3.8, 4) is 0 Å². The normalized spacial score (nSPS) is 30.2. The van der Waals surface area contributed by atoms with Gasteiger partial charge in [0.05, 0.1) is 18.1 Å². The summed E-state index contributed by atoms with van der Waals surface area (Å²) in [6.07, 6.45) is 3.00. The predicted molar refractivity (Wildman–Crippen MR) is 75.4 cm³/mol. The lowest BCUT2D eigenvalue weighted by Crippen LogP contribution is -2.46. The number of methoxy groups -OCH3 is 2. The van der Waals surface area contributed by atoms with Crippen molar-refractivity contribution in [2.75, 3.05) is 34.0 Å². The van der Waals surface area contributed by atoms with Crippen molar-refractivity contribution < 1.29 is 24.1 Å². The summed E-state index contributed by atoms with van der Waals surface area (Å²) >= 11 is 0. The van der Waals surface area contributed by atoms with Crippen LogP contribution in [0.2, 0.25) is 0 Å². The van der Waals surface area contributed by atoms with E-state index in [2.05, 4.69) is 0 Å². The van der Waals surface area contributed by atoms with Crippen LogP contribution in [0.25, 0.3) is 0 Å². The molecule has 1 fully saturated rings. The minimum atomic E-state index is -0.538. The molecule has 0 aromatic carbocycles. The molecule has 0 spiro atoms.